The summed E-state index contributed by atoms with van der Waals surface area (Å²) < 4.78 is 49.7. The predicted octanol–water partition coefficient (Wildman–Crippen LogP) is 1.32. The van der Waals surface area contributed by atoms with Gasteiger partial charge in [0.1, 0.15) is 5.82 Å². The molecule has 8 heteroatoms. The zero-order valence-electron chi connectivity index (χ0n) is 12.1. The Kier molecular flexibility index (Phi) is 6.25. The van der Waals surface area contributed by atoms with E-state index in [1.54, 1.807) is 13.8 Å². The number of rotatable bonds is 7. The Bertz CT molecular complexity index is 603. The normalized spacial score (nSPS) is 13.0. The van der Waals surface area contributed by atoms with Crippen LogP contribution in [0.4, 0.5) is 4.39 Å². The Hall–Kier alpha value is -1.51. The minimum absolute atomic E-state index is 0.00724. The van der Waals surface area contributed by atoms with Gasteiger partial charge in [0.05, 0.1) is 23.7 Å². The summed E-state index contributed by atoms with van der Waals surface area (Å²) >= 11 is 0. The van der Waals surface area contributed by atoms with Gasteiger partial charge in [-0.2, -0.15) is 0 Å². The van der Waals surface area contributed by atoms with Gasteiger partial charge in [0.25, 0.3) is 0 Å². The van der Waals surface area contributed by atoms with Crippen molar-refractivity contribution in [1.82, 2.24) is 4.72 Å². The number of hydrogen-bond donors (Lipinski definition) is 1. The third-order valence-electron chi connectivity index (χ3n) is 2.65. The fourth-order valence-corrected chi connectivity index (χ4v) is 2.96. The SMILES string of the molecule is CCOC(C)CNS(=O)(=O)c1cc(F)ccc1C(=O)OC. The molecule has 1 atom stereocenters. The van der Waals surface area contributed by atoms with Crippen molar-refractivity contribution in [3.05, 3.63) is 29.6 Å². The van der Waals surface area contributed by atoms with Gasteiger partial charge in [-0.3, -0.25) is 0 Å². The van der Waals surface area contributed by atoms with E-state index in [-0.39, 0.29) is 18.2 Å². The monoisotopic (exact) mass is 319 g/mol. The third kappa shape index (κ3) is 4.76. The van der Waals surface area contributed by atoms with E-state index in [4.69, 9.17) is 4.74 Å². The lowest BCUT2D eigenvalue weighted by atomic mass is 10.2. The summed E-state index contributed by atoms with van der Waals surface area (Å²) in [4.78, 5) is 11.1. The zero-order valence-corrected chi connectivity index (χ0v) is 12.9. The van der Waals surface area contributed by atoms with Crippen molar-refractivity contribution >= 4 is 16.0 Å². The van der Waals surface area contributed by atoms with Crippen molar-refractivity contribution in [3.8, 4) is 0 Å². The predicted molar refractivity (Wildman–Crippen MR) is 74.0 cm³/mol. The molecule has 0 fully saturated rings. The Labute approximate surface area is 123 Å². The van der Waals surface area contributed by atoms with Crippen molar-refractivity contribution in [1.29, 1.82) is 0 Å². The van der Waals surface area contributed by atoms with Crippen molar-refractivity contribution < 1.29 is 27.1 Å². The molecule has 1 aromatic rings. The van der Waals surface area contributed by atoms with Crippen LogP contribution in [0.5, 0.6) is 0 Å². The van der Waals surface area contributed by atoms with E-state index in [0.717, 1.165) is 25.3 Å². The first kappa shape index (κ1) is 17.5. The highest BCUT2D eigenvalue weighted by atomic mass is 32.2. The molecule has 0 saturated carbocycles. The number of benzene rings is 1. The summed E-state index contributed by atoms with van der Waals surface area (Å²) in [7, 11) is -2.94. The van der Waals surface area contributed by atoms with Crippen LogP contribution in [0.25, 0.3) is 0 Å². The molecule has 0 saturated heterocycles. The molecule has 1 unspecified atom stereocenters. The van der Waals surface area contributed by atoms with Gasteiger partial charge in [0.2, 0.25) is 10.0 Å². The van der Waals surface area contributed by atoms with Crippen LogP contribution < -0.4 is 4.72 Å². The molecule has 0 aliphatic rings. The summed E-state index contributed by atoms with van der Waals surface area (Å²) in [5.74, 6) is -1.62. The molecule has 0 amide bonds. The van der Waals surface area contributed by atoms with Crippen molar-refractivity contribution in [2.45, 2.75) is 24.8 Å². The van der Waals surface area contributed by atoms with Crippen LogP contribution in [0.15, 0.2) is 23.1 Å². The number of methoxy groups -OCH3 is 1. The Morgan fingerprint density at radius 1 is 1.43 bits per heavy atom. The van der Waals surface area contributed by atoms with Gasteiger partial charge >= 0.3 is 5.97 Å². The number of ether oxygens (including phenoxy) is 2. The van der Waals surface area contributed by atoms with Crippen LogP contribution in [0.3, 0.4) is 0 Å². The minimum Gasteiger partial charge on any atom is -0.465 e. The van der Waals surface area contributed by atoms with Gasteiger partial charge in [-0.25, -0.2) is 22.3 Å². The van der Waals surface area contributed by atoms with Gasteiger partial charge < -0.3 is 9.47 Å². The largest absolute Gasteiger partial charge is 0.465 e. The summed E-state index contributed by atoms with van der Waals surface area (Å²) in [6.07, 6.45) is -0.347. The molecule has 118 valence electrons. The maximum atomic E-state index is 13.3. The van der Waals surface area contributed by atoms with Gasteiger partial charge in [-0.1, -0.05) is 0 Å². The molecule has 0 aliphatic carbocycles. The van der Waals surface area contributed by atoms with E-state index in [0.29, 0.717) is 6.61 Å². The van der Waals surface area contributed by atoms with Crippen LogP contribution in [0.1, 0.15) is 24.2 Å². The summed E-state index contributed by atoms with van der Waals surface area (Å²) in [5, 5.41) is 0. The van der Waals surface area contributed by atoms with Crippen molar-refractivity contribution in [2.24, 2.45) is 0 Å². The fourth-order valence-electron chi connectivity index (χ4n) is 1.65. The average Bonchev–Trinajstić information content (AvgIpc) is 2.44. The molecule has 1 aromatic carbocycles. The first-order chi connectivity index (χ1) is 9.81. The smallest absolute Gasteiger partial charge is 0.339 e. The number of esters is 1. The highest BCUT2D eigenvalue weighted by Crippen LogP contribution is 2.18. The molecule has 0 heterocycles. The lowest BCUT2D eigenvalue weighted by Crippen LogP contribution is -2.33. The number of halogens is 1. The molecule has 1 N–H and O–H groups in total. The quantitative estimate of drug-likeness (QED) is 0.767. The molecule has 1 rings (SSSR count). The van der Waals surface area contributed by atoms with E-state index in [1.165, 1.54) is 0 Å². The van der Waals surface area contributed by atoms with E-state index < -0.39 is 26.7 Å². The molecular weight excluding hydrogens is 301 g/mol. The molecule has 0 aromatic heterocycles. The summed E-state index contributed by atoms with van der Waals surface area (Å²) in [6.45, 7) is 3.93. The number of carbonyl (C=O) groups excluding carboxylic acids is 1. The van der Waals surface area contributed by atoms with E-state index in [1.807, 2.05) is 0 Å². The lowest BCUT2D eigenvalue weighted by molar-refractivity contribution is 0.0596. The van der Waals surface area contributed by atoms with Gasteiger partial charge in [0, 0.05) is 13.2 Å². The molecule has 0 aliphatic heterocycles. The summed E-state index contributed by atoms with van der Waals surface area (Å²) in [6, 6.07) is 2.84. The number of sulfonamides is 1. The van der Waals surface area contributed by atoms with Crippen LogP contribution in [-0.4, -0.2) is 40.8 Å². The Balaban J connectivity index is 3.07. The highest BCUT2D eigenvalue weighted by Gasteiger charge is 2.24. The number of carbonyl (C=O) groups is 1. The standard InChI is InChI=1S/C13H18FNO5S/c1-4-20-9(2)8-15-21(17,18)12-7-10(14)5-6-11(12)13(16)19-3/h5-7,9,15H,4,8H2,1-3H3. The number of nitrogens with one attached hydrogen (secondary N) is 1. The Morgan fingerprint density at radius 3 is 2.67 bits per heavy atom. The number of hydrogen-bond acceptors (Lipinski definition) is 5. The van der Waals surface area contributed by atoms with Crippen molar-refractivity contribution in [2.75, 3.05) is 20.3 Å². The van der Waals surface area contributed by atoms with Crippen LogP contribution in [-0.2, 0) is 19.5 Å². The molecule has 0 radical (unpaired) electrons. The zero-order chi connectivity index (χ0) is 16.0. The van der Waals surface area contributed by atoms with Crippen molar-refractivity contribution in [3.63, 3.8) is 0 Å². The maximum absolute atomic E-state index is 13.3. The summed E-state index contributed by atoms with van der Waals surface area (Å²) in [5.41, 5.74) is -0.226. The topological polar surface area (TPSA) is 81.7 Å². The molecule has 21 heavy (non-hydrogen) atoms. The second-order valence-electron chi connectivity index (χ2n) is 4.25. The molecule has 6 nitrogen and oxygen atoms in total. The van der Waals surface area contributed by atoms with Crippen LogP contribution in [0.2, 0.25) is 0 Å². The lowest BCUT2D eigenvalue weighted by Gasteiger charge is -2.14. The average molecular weight is 319 g/mol. The van der Waals surface area contributed by atoms with Crippen LogP contribution >= 0.6 is 0 Å². The molecule has 0 spiro atoms. The highest BCUT2D eigenvalue weighted by molar-refractivity contribution is 7.89. The molecule has 0 bridgehead atoms. The first-order valence-electron chi connectivity index (χ1n) is 6.31. The third-order valence-corrected chi connectivity index (χ3v) is 4.11. The van der Waals surface area contributed by atoms with E-state index in [2.05, 4.69) is 9.46 Å². The minimum atomic E-state index is -4.05. The van der Waals surface area contributed by atoms with E-state index >= 15 is 0 Å². The fraction of sp³-hybridized carbons (Fsp3) is 0.462. The maximum Gasteiger partial charge on any atom is 0.339 e. The first-order valence-corrected chi connectivity index (χ1v) is 7.79. The van der Waals surface area contributed by atoms with E-state index in [9.17, 15) is 17.6 Å². The van der Waals surface area contributed by atoms with Gasteiger partial charge in [-0.05, 0) is 32.0 Å². The second-order valence-corrected chi connectivity index (χ2v) is 5.99. The van der Waals surface area contributed by atoms with Gasteiger partial charge in [-0.15, -0.1) is 0 Å². The van der Waals surface area contributed by atoms with Crippen LogP contribution in [0, 0.1) is 5.82 Å². The Morgan fingerprint density at radius 2 is 2.10 bits per heavy atom. The second kappa shape index (κ2) is 7.48. The molecular formula is C13H18FNO5S. The van der Waals surface area contributed by atoms with Gasteiger partial charge in [0.15, 0.2) is 0 Å².